The number of carbonyl (C=O) groups excluding carboxylic acids is 1. The van der Waals surface area contributed by atoms with Gasteiger partial charge in [0.2, 0.25) is 5.91 Å². The van der Waals surface area contributed by atoms with Crippen LogP contribution in [0.3, 0.4) is 0 Å². The second-order valence-electron chi connectivity index (χ2n) is 4.51. The van der Waals surface area contributed by atoms with Crippen LogP contribution in [0.15, 0.2) is 24.3 Å². The maximum Gasteiger partial charge on any atom is 0.234 e. The largest absolute Gasteiger partial charge is 0.368 e. The first-order valence-corrected chi connectivity index (χ1v) is 6.57. The van der Waals surface area contributed by atoms with E-state index >= 15 is 0 Å². The standard InChI is InChI=1S/C13H18ClN3O.2ClH/c14-11-5-1-2-6-12(11)17-7-3-4-10(9-17)16-13(18)8-15;;/h1-2,5-6,10H,3-4,7-9,15H2,(H,16,18);2*1H. The summed E-state index contributed by atoms with van der Waals surface area (Å²) in [7, 11) is 0. The molecule has 1 atom stereocenters. The molecule has 0 spiro atoms. The van der Waals surface area contributed by atoms with Crippen molar-refractivity contribution in [3.63, 3.8) is 0 Å². The number of rotatable bonds is 3. The number of nitrogens with two attached hydrogens (primary N) is 1. The summed E-state index contributed by atoms with van der Waals surface area (Å²) < 4.78 is 0. The van der Waals surface area contributed by atoms with Gasteiger partial charge in [0.1, 0.15) is 0 Å². The van der Waals surface area contributed by atoms with E-state index in [-0.39, 0.29) is 43.3 Å². The number of piperidine rings is 1. The highest BCUT2D eigenvalue weighted by Crippen LogP contribution is 2.27. The highest BCUT2D eigenvalue weighted by Gasteiger charge is 2.22. The Morgan fingerprint density at radius 3 is 2.75 bits per heavy atom. The third-order valence-corrected chi connectivity index (χ3v) is 3.48. The molecular formula is C13H20Cl3N3O. The van der Waals surface area contributed by atoms with Crippen molar-refractivity contribution < 1.29 is 4.79 Å². The van der Waals surface area contributed by atoms with Crippen LogP contribution in [-0.4, -0.2) is 31.6 Å². The lowest BCUT2D eigenvalue weighted by molar-refractivity contribution is -0.120. The molecule has 1 amide bonds. The van der Waals surface area contributed by atoms with Crippen LogP contribution in [0.1, 0.15) is 12.8 Å². The second kappa shape index (κ2) is 9.29. The minimum Gasteiger partial charge on any atom is -0.368 e. The number of hydrogen-bond donors (Lipinski definition) is 2. The zero-order valence-corrected chi connectivity index (χ0v) is 13.4. The van der Waals surface area contributed by atoms with Crippen LogP contribution < -0.4 is 16.0 Å². The van der Waals surface area contributed by atoms with Crippen LogP contribution in [0.25, 0.3) is 0 Å². The molecule has 1 unspecified atom stereocenters. The van der Waals surface area contributed by atoms with E-state index in [2.05, 4.69) is 10.2 Å². The Hall–Kier alpha value is -0.680. The smallest absolute Gasteiger partial charge is 0.234 e. The van der Waals surface area contributed by atoms with Crippen molar-refractivity contribution in [2.24, 2.45) is 5.73 Å². The number of amides is 1. The normalized spacial score (nSPS) is 17.7. The molecule has 0 bridgehead atoms. The number of halogens is 3. The maximum atomic E-state index is 11.3. The van der Waals surface area contributed by atoms with Crippen LogP contribution in [0, 0.1) is 0 Å². The van der Waals surface area contributed by atoms with Gasteiger partial charge in [0.15, 0.2) is 0 Å². The van der Waals surface area contributed by atoms with Crippen molar-refractivity contribution in [1.29, 1.82) is 0 Å². The number of carbonyl (C=O) groups is 1. The first kappa shape index (κ1) is 19.3. The molecule has 1 aromatic rings. The first-order valence-electron chi connectivity index (χ1n) is 6.19. The molecule has 1 saturated heterocycles. The van der Waals surface area contributed by atoms with Gasteiger partial charge in [0.05, 0.1) is 17.3 Å². The average Bonchev–Trinajstić information content (AvgIpc) is 2.39. The van der Waals surface area contributed by atoms with Crippen LogP contribution in [-0.2, 0) is 4.79 Å². The molecule has 0 aliphatic carbocycles. The predicted molar refractivity (Wildman–Crippen MR) is 88.4 cm³/mol. The zero-order valence-electron chi connectivity index (χ0n) is 11.0. The number of benzene rings is 1. The van der Waals surface area contributed by atoms with Crippen molar-refractivity contribution in [3.8, 4) is 0 Å². The van der Waals surface area contributed by atoms with Crippen LogP contribution >= 0.6 is 36.4 Å². The predicted octanol–water partition coefficient (Wildman–Crippen LogP) is 2.23. The summed E-state index contributed by atoms with van der Waals surface area (Å²) in [5, 5.41) is 3.69. The molecular weight excluding hydrogens is 321 g/mol. The lowest BCUT2D eigenvalue weighted by Gasteiger charge is -2.35. The molecule has 0 saturated carbocycles. The number of nitrogens with one attached hydrogen (secondary N) is 1. The summed E-state index contributed by atoms with van der Waals surface area (Å²) in [4.78, 5) is 13.5. The topological polar surface area (TPSA) is 58.4 Å². The third-order valence-electron chi connectivity index (χ3n) is 3.17. The van der Waals surface area contributed by atoms with E-state index in [9.17, 15) is 4.79 Å². The van der Waals surface area contributed by atoms with Gasteiger partial charge in [0, 0.05) is 19.1 Å². The van der Waals surface area contributed by atoms with E-state index in [4.69, 9.17) is 17.3 Å². The monoisotopic (exact) mass is 339 g/mol. The zero-order chi connectivity index (χ0) is 13.0. The molecule has 0 aromatic heterocycles. The Morgan fingerprint density at radius 1 is 1.40 bits per heavy atom. The van der Waals surface area contributed by atoms with Crippen LogP contribution in [0.5, 0.6) is 0 Å². The van der Waals surface area contributed by atoms with Gasteiger partial charge >= 0.3 is 0 Å². The quantitative estimate of drug-likeness (QED) is 0.887. The van der Waals surface area contributed by atoms with Gasteiger partial charge in [-0.1, -0.05) is 23.7 Å². The third kappa shape index (κ3) is 5.02. The SMILES string of the molecule is Cl.Cl.NCC(=O)NC1CCCN(c2ccccc2Cl)C1. The summed E-state index contributed by atoms with van der Waals surface area (Å²) in [6.07, 6.45) is 2.04. The molecule has 3 N–H and O–H groups in total. The van der Waals surface area contributed by atoms with Gasteiger partial charge < -0.3 is 16.0 Å². The molecule has 1 heterocycles. The fraction of sp³-hybridized carbons (Fsp3) is 0.462. The van der Waals surface area contributed by atoms with E-state index < -0.39 is 0 Å². The molecule has 1 aliphatic rings. The summed E-state index contributed by atoms with van der Waals surface area (Å²) >= 11 is 6.19. The minimum absolute atomic E-state index is 0. The molecule has 2 rings (SSSR count). The fourth-order valence-corrected chi connectivity index (χ4v) is 2.56. The summed E-state index contributed by atoms with van der Waals surface area (Å²) in [6, 6.07) is 7.95. The van der Waals surface area contributed by atoms with Crippen LogP contribution in [0.4, 0.5) is 5.69 Å². The van der Waals surface area contributed by atoms with E-state index in [1.165, 1.54) is 0 Å². The van der Waals surface area contributed by atoms with Crippen molar-refractivity contribution in [2.45, 2.75) is 18.9 Å². The Kier molecular flexibility index (Phi) is 8.98. The molecule has 1 aliphatic heterocycles. The van der Waals surface area contributed by atoms with Gasteiger partial charge in [0.25, 0.3) is 0 Å². The van der Waals surface area contributed by atoms with Crippen molar-refractivity contribution in [1.82, 2.24) is 5.32 Å². The van der Waals surface area contributed by atoms with E-state index in [0.717, 1.165) is 36.6 Å². The highest BCUT2D eigenvalue weighted by molar-refractivity contribution is 6.33. The Bertz CT molecular complexity index is 431. The van der Waals surface area contributed by atoms with Gasteiger partial charge in [-0.15, -0.1) is 24.8 Å². The second-order valence-corrected chi connectivity index (χ2v) is 4.92. The molecule has 0 radical (unpaired) electrons. The van der Waals surface area contributed by atoms with Gasteiger partial charge in [-0.05, 0) is 25.0 Å². The maximum absolute atomic E-state index is 11.3. The molecule has 4 nitrogen and oxygen atoms in total. The van der Waals surface area contributed by atoms with Gasteiger partial charge in [-0.3, -0.25) is 4.79 Å². The number of hydrogen-bond acceptors (Lipinski definition) is 3. The average molecular weight is 341 g/mol. The summed E-state index contributed by atoms with van der Waals surface area (Å²) in [5.41, 5.74) is 6.35. The lowest BCUT2D eigenvalue weighted by Crippen LogP contribution is -2.49. The molecule has 20 heavy (non-hydrogen) atoms. The molecule has 1 fully saturated rings. The van der Waals surface area contributed by atoms with Gasteiger partial charge in [-0.25, -0.2) is 0 Å². The Morgan fingerprint density at radius 2 is 2.10 bits per heavy atom. The van der Waals surface area contributed by atoms with Gasteiger partial charge in [-0.2, -0.15) is 0 Å². The van der Waals surface area contributed by atoms with Crippen molar-refractivity contribution in [3.05, 3.63) is 29.3 Å². The summed E-state index contributed by atoms with van der Waals surface area (Å²) in [6.45, 7) is 1.80. The van der Waals surface area contributed by atoms with E-state index in [1.807, 2.05) is 24.3 Å². The van der Waals surface area contributed by atoms with Crippen LogP contribution in [0.2, 0.25) is 5.02 Å². The Balaban J connectivity index is 0.00000180. The van der Waals surface area contributed by atoms with Crippen molar-refractivity contribution >= 4 is 48.0 Å². The first-order chi connectivity index (χ1) is 8.70. The van der Waals surface area contributed by atoms with Crippen molar-refractivity contribution in [2.75, 3.05) is 24.5 Å². The fourth-order valence-electron chi connectivity index (χ4n) is 2.31. The Labute approximate surface area is 136 Å². The van der Waals surface area contributed by atoms with E-state index in [1.54, 1.807) is 0 Å². The summed E-state index contributed by atoms with van der Waals surface area (Å²) in [5.74, 6) is -0.0963. The number of anilines is 1. The van der Waals surface area contributed by atoms with E-state index in [0.29, 0.717) is 0 Å². The molecule has 114 valence electrons. The molecule has 7 heteroatoms. The molecule has 1 aromatic carbocycles. The number of para-hydroxylation sites is 1. The highest BCUT2D eigenvalue weighted by atomic mass is 35.5. The number of nitrogens with zero attached hydrogens (tertiary/aromatic N) is 1. The lowest BCUT2D eigenvalue weighted by atomic mass is 10.0. The minimum atomic E-state index is -0.0963.